The summed E-state index contributed by atoms with van der Waals surface area (Å²) in [5.74, 6) is 0.0476. The summed E-state index contributed by atoms with van der Waals surface area (Å²) in [7, 11) is 4.08. The van der Waals surface area contributed by atoms with Crippen LogP contribution in [0.4, 0.5) is 0 Å². The third-order valence-electron chi connectivity index (χ3n) is 5.00. The van der Waals surface area contributed by atoms with Gasteiger partial charge in [0, 0.05) is 6.54 Å². The molecule has 0 saturated carbocycles. The second-order valence-electron chi connectivity index (χ2n) is 7.43. The topological polar surface area (TPSA) is 32.3 Å². The number of nitrogens with zero attached hydrogens (tertiary/aromatic N) is 1. The van der Waals surface area contributed by atoms with Gasteiger partial charge in [0.15, 0.2) is 0 Å². The first-order valence-electron chi connectivity index (χ1n) is 9.67. The maximum Gasteiger partial charge on any atom is 0.224 e. The Morgan fingerprint density at radius 1 is 0.857 bits per heavy atom. The van der Waals surface area contributed by atoms with E-state index in [-0.39, 0.29) is 11.9 Å². The van der Waals surface area contributed by atoms with Crippen molar-refractivity contribution in [2.24, 2.45) is 0 Å². The van der Waals surface area contributed by atoms with Gasteiger partial charge in [-0.2, -0.15) is 0 Å². The van der Waals surface area contributed by atoms with Gasteiger partial charge in [0.05, 0.1) is 12.5 Å². The average Bonchev–Trinajstić information content (AvgIpc) is 2.70. The fourth-order valence-electron chi connectivity index (χ4n) is 3.29. The minimum Gasteiger partial charge on any atom is -0.354 e. The van der Waals surface area contributed by atoms with E-state index in [1.165, 1.54) is 16.7 Å². The molecule has 0 fully saturated rings. The molecule has 3 rings (SSSR count). The second-order valence-corrected chi connectivity index (χ2v) is 7.43. The Balaban J connectivity index is 1.58. The standard InChI is InChI=1S/C25H28N2O/c1-19-9-13-23(14-10-19)24(27(2)3)18-26-25(28)17-20-11-15-22(16-12-20)21-7-5-4-6-8-21/h4-16,24H,17-18H2,1-3H3,(H,26,28)/t24-/m1/s1. The molecular weight excluding hydrogens is 344 g/mol. The third-order valence-corrected chi connectivity index (χ3v) is 5.00. The first-order valence-corrected chi connectivity index (χ1v) is 9.67. The van der Waals surface area contributed by atoms with Gasteiger partial charge < -0.3 is 10.2 Å². The van der Waals surface area contributed by atoms with Gasteiger partial charge in [-0.25, -0.2) is 0 Å². The molecule has 1 N–H and O–H groups in total. The lowest BCUT2D eigenvalue weighted by molar-refractivity contribution is -0.120. The van der Waals surface area contributed by atoms with Crippen LogP contribution in [0.15, 0.2) is 78.9 Å². The lowest BCUT2D eigenvalue weighted by Gasteiger charge is -2.25. The molecule has 0 saturated heterocycles. The van der Waals surface area contributed by atoms with Crippen molar-refractivity contribution in [2.75, 3.05) is 20.6 Å². The van der Waals surface area contributed by atoms with Gasteiger partial charge in [-0.15, -0.1) is 0 Å². The number of carbonyl (C=O) groups excluding carboxylic acids is 1. The molecule has 1 atom stereocenters. The summed E-state index contributed by atoms with van der Waals surface area (Å²) in [5.41, 5.74) is 5.82. The number of hydrogen-bond donors (Lipinski definition) is 1. The fraction of sp³-hybridized carbons (Fsp3) is 0.240. The molecule has 28 heavy (non-hydrogen) atoms. The minimum atomic E-state index is 0.0476. The van der Waals surface area contributed by atoms with Crippen molar-refractivity contribution in [3.63, 3.8) is 0 Å². The highest BCUT2D eigenvalue weighted by Gasteiger charge is 2.15. The van der Waals surface area contributed by atoms with E-state index in [9.17, 15) is 4.79 Å². The summed E-state index contributed by atoms with van der Waals surface area (Å²) in [6.07, 6.45) is 0.392. The van der Waals surface area contributed by atoms with E-state index in [0.29, 0.717) is 13.0 Å². The maximum absolute atomic E-state index is 12.5. The number of amides is 1. The van der Waals surface area contributed by atoms with Gasteiger partial charge >= 0.3 is 0 Å². The predicted molar refractivity (Wildman–Crippen MR) is 116 cm³/mol. The molecule has 1 amide bonds. The Bertz CT molecular complexity index is 884. The van der Waals surface area contributed by atoms with Crippen molar-refractivity contribution in [1.82, 2.24) is 10.2 Å². The molecular formula is C25H28N2O. The van der Waals surface area contributed by atoms with Gasteiger partial charge in [0.25, 0.3) is 0 Å². The molecule has 3 nitrogen and oxygen atoms in total. The van der Waals surface area contributed by atoms with Crippen LogP contribution >= 0.6 is 0 Å². The summed E-state index contributed by atoms with van der Waals surface area (Å²) in [4.78, 5) is 14.6. The number of benzene rings is 3. The normalized spacial score (nSPS) is 12.0. The summed E-state index contributed by atoms with van der Waals surface area (Å²) in [6, 6.07) is 27.1. The highest BCUT2D eigenvalue weighted by Crippen LogP contribution is 2.20. The van der Waals surface area contributed by atoms with Gasteiger partial charge in [-0.05, 0) is 43.3 Å². The monoisotopic (exact) mass is 372 g/mol. The summed E-state index contributed by atoms with van der Waals surface area (Å²) in [5, 5.41) is 3.09. The summed E-state index contributed by atoms with van der Waals surface area (Å²) < 4.78 is 0. The van der Waals surface area contributed by atoms with Crippen molar-refractivity contribution in [3.8, 4) is 11.1 Å². The Kier molecular flexibility index (Phi) is 6.62. The minimum absolute atomic E-state index is 0.0476. The molecule has 3 aromatic rings. The molecule has 0 radical (unpaired) electrons. The number of carbonyl (C=O) groups is 1. The van der Waals surface area contributed by atoms with E-state index in [2.05, 4.69) is 65.7 Å². The molecule has 0 aliphatic rings. The van der Waals surface area contributed by atoms with E-state index in [0.717, 1.165) is 11.1 Å². The lowest BCUT2D eigenvalue weighted by Crippen LogP contribution is -2.35. The SMILES string of the molecule is Cc1ccc([C@@H](CNC(=O)Cc2ccc(-c3ccccc3)cc2)N(C)C)cc1. The van der Waals surface area contributed by atoms with Crippen molar-refractivity contribution in [1.29, 1.82) is 0 Å². The Morgan fingerprint density at radius 3 is 2.07 bits per heavy atom. The van der Waals surface area contributed by atoms with Gasteiger partial charge in [-0.3, -0.25) is 4.79 Å². The molecule has 3 heteroatoms. The molecule has 0 spiro atoms. The molecule has 3 aromatic carbocycles. The number of nitrogens with one attached hydrogen (secondary N) is 1. The van der Waals surface area contributed by atoms with Crippen LogP contribution in [0.25, 0.3) is 11.1 Å². The van der Waals surface area contributed by atoms with Crippen molar-refractivity contribution >= 4 is 5.91 Å². The molecule has 144 valence electrons. The van der Waals surface area contributed by atoms with Crippen LogP contribution in [0.3, 0.4) is 0 Å². The van der Waals surface area contributed by atoms with E-state index < -0.39 is 0 Å². The van der Waals surface area contributed by atoms with Crippen LogP contribution in [0.1, 0.15) is 22.7 Å². The Hall–Kier alpha value is -2.91. The third kappa shape index (κ3) is 5.30. The van der Waals surface area contributed by atoms with Crippen LogP contribution in [0.2, 0.25) is 0 Å². The average molecular weight is 373 g/mol. The lowest BCUT2D eigenvalue weighted by atomic mass is 10.0. The van der Waals surface area contributed by atoms with E-state index in [4.69, 9.17) is 0 Å². The molecule has 0 unspecified atom stereocenters. The Morgan fingerprint density at radius 2 is 1.46 bits per heavy atom. The first-order chi connectivity index (χ1) is 13.5. The number of aryl methyl sites for hydroxylation is 1. The summed E-state index contributed by atoms with van der Waals surface area (Å²) in [6.45, 7) is 2.68. The zero-order valence-corrected chi connectivity index (χ0v) is 16.9. The van der Waals surface area contributed by atoms with Gasteiger partial charge in [-0.1, -0.05) is 84.4 Å². The molecule has 0 aromatic heterocycles. The van der Waals surface area contributed by atoms with Crippen LogP contribution in [0, 0.1) is 6.92 Å². The highest BCUT2D eigenvalue weighted by molar-refractivity contribution is 5.79. The molecule has 0 aliphatic heterocycles. The molecule has 0 aliphatic carbocycles. The van der Waals surface area contributed by atoms with Crippen LogP contribution in [-0.2, 0) is 11.2 Å². The zero-order valence-electron chi connectivity index (χ0n) is 16.9. The van der Waals surface area contributed by atoms with E-state index >= 15 is 0 Å². The highest BCUT2D eigenvalue weighted by atomic mass is 16.1. The van der Waals surface area contributed by atoms with Crippen LogP contribution in [-0.4, -0.2) is 31.4 Å². The van der Waals surface area contributed by atoms with Gasteiger partial charge in [0.1, 0.15) is 0 Å². The van der Waals surface area contributed by atoms with E-state index in [1.807, 2.05) is 44.4 Å². The van der Waals surface area contributed by atoms with Crippen molar-refractivity contribution in [2.45, 2.75) is 19.4 Å². The van der Waals surface area contributed by atoms with Crippen LogP contribution in [0.5, 0.6) is 0 Å². The second kappa shape index (κ2) is 9.34. The quantitative estimate of drug-likeness (QED) is 0.656. The van der Waals surface area contributed by atoms with Crippen molar-refractivity contribution < 1.29 is 4.79 Å². The predicted octanol–water partition coefficient (Wildman–Crippen LogP) is 4.62. The molecule has 0 bridgehead atoms. The van der Waals surface area contributed by atoms with E-state index in [1.54, 1.807) is 0 Å². The van der Waals surface area contributed by atoms with Crippen molar-refractivity contribution in [3.05, 3.63) is 95.6 Å². The number of rotatable bonds is 7. The number of likely N-dealkylation sites (N-methyl/N-ethyl adjacent to an activating group) is 1. The summed E-state index contributed by atoms with van der Waals surface area (Å²) >= 11 is 0. The number of hydrogen-bond acceptors (Lipinski definition) is 2. The van der Waals surface area contributed by atoms with Gasteiger partial charge in [0.2, 0.25) is 5.91 Å². The smallest absolute Gasteiger partial charge is 0.224 e. The maximum atomic E-state index is 12.5. The van der Waals surface area contributed by atoms with Crippen LogP contribution < -0.4 is 5.32 Å². The first kappa shape index (κ1) is 19.8. The largest absolute Gasteiger partial charge is 0.354 e. The zero-order chi connectivity index (χ0) is 19.9. The fourth-order valence-corrected chi connectivity index (χ4v) is 3.29. The Labute approximate surface area is 168 Å². The molecule has 0 heterocycles.